The van der Waals surface area contributed by atoms with Crippen LogP contribution < -0.4 is 26.6 Å². The number of nitrogens with one attached hydrogen (secondary N) is 5. The van der Waals surface area contributed by atoms with E-state index >= 15 is 0 Å². The second kappa shape index (κ2) is 23.7. The molecule has 0 bridgehead atoms. The summed E-state index contributed by atoms with van der Waals surface area (Å²) in [5.41, 5.74) is 0.823. The molecule has 1 aliphatic heterocycles. The molecule has 1 aliphatic rings. The fraction of sp³-hybridized carbons (Fsp3) is 0.558. The average Bonchev–Trinajstić information content (AvgIpc) is 3.68. The van der Waals surface area contributed by atoms with E-state index < -0.39 is 77.6 Å². The molecule has 16 heteroatoms. The zero-order valence-electron chi connectivity index (χ0n) is 35.3. The molecule has 59 heavy (non-hydrogen) atoms. The zero-order chi connectivity index (χ0) is 43.5. The number of hydrogen-bond acceptors (Lipinski definition) is 10. The molecule has 16 nitrogen and oxygen atoms in total. The molecule has 1 saturated heterocycles. The first-order valence-corrected chi connectivity index (χ1v) is 20.3. The highest BCUT2D eigenvalue weighted by Crippen LogP contribution is 2.21. The Kier molecular flexibility index (Phi) is 19.1. The molecule has 1 heterocycles. The minimum Gasteiger partial charge on any atom is -0.459 e. The number of alkyl carbamates (subject to hydrolysis) is 2. The molecule has 5 atom stereocenters. The Hall–Kier alpha value is -5.67. The van der Waals surface area contributed by atoms with Gasteiger partial charge in [-0.25, -0.2) is 14.4 Å². The average molecular weight is 823 g/mol. The van der Waals surface area contributed by atoms with Gasteiger partial charge in [0.1, 0.15) is 49.0 Å². The van der Waals surface area contributed by atoms with Crippen molar-refractivity contribution in [1.29, 1.82) is 0 Å². The third-order valence-corrected chi connectivity index (χ3v) is 9.26. The molecule has 0 spiro atoms. The standard InChI is InChI=1S/C43H62N6O10/c1-28(2)25-34(37(51)46-30(4)40(54)57-26-31-17-10-8-11-18-31)47-36(50)29(3)45-38(52)35-22-16-24-49(35)39(53)33(48-42(56)59-43(5,6)7)21-14-15-23-44-41(55)58-27-32-19-12-9-13-20-32/h8-13,17-20,28-30,33-35H,14-16,21-27H2,1-7H3,(H,44,55)(H,45,52)(H,46,51)(H,47,50)(H,48,56)/t29-,30-,33+,34+,35+/m1/s1. The van der Waals surface area contributed by atoms with Crippen molar-refractivity contribution < 1.29 is 47.8 Å². The lowest BCUT2D eigenvalue weighted by Crippen LogP contribution is -2.58. The SMILES string of the molecule is CC(C)C[C@H](NC(=O)[C@@H](C)NC(=O)[C@@H]1CCCN1C(=O)[C@H](CCCCNC(=O)OCc1ccccc1)NC(=O)OC(C)(C)C)C(=O)N[C@H](C)C(=O)OCc1ccccc1. The maximum absolute atomic E-state index is 14.0. The molecule has 0 unspecified atom stereocenters. The van der Waals surface area contributed by atoms with Crippen molar-refractivity contribution >= 4 is 41.8 Å². The number of amides is 6. The third-order valence-electron chi connectivity index (χ3n) is 9.26. The molecule has 0 saturated carbocycles. The number of esters is 1. The summed E-state index contributed by atoms with van der Waals surface area (Å²) in [4.78, 5) is 93.2. The Morgan fingerprint density at radius 2 is 1.32 bits per heavy atom. The maximum atomic E-state index is 14.0. The predicted molar refractivity (Wildman–Crippen MR) is 219 cm³/mol. The van der Waals surface area contributed by atoms with Gasteiger partial charge in [0.25, 0.3) is 0 Å². The number of rotatable bonds is 20. The summed E-state index contributed by atoms with van der Waals surface area (Å²) < 4.78 is 16.0. The van der Waals surface area contributed by atoms with Crippen molar-refractivity contribution in [2.75, 3.05) is 13.1 Å². The molecule has 2 aromatic rings. The number of likely N-dealkylation sites (tertiary alicyclic amines) is 1. The molecular weight excluding hydrogens is 761 g/mol. The summed E-state index contributed by atoms with van der Waals surface area (Å²) in [5.74, 6) is -2.89. The third kappa shape index (κ3) is 17.4. The van der Waals surface area contributed by atoms with Gasteiger partial charge >= 0.3 is 18.2 Å². The number of carbonyl (C=O) groups is 7. The van der Waals surface area contributed by atoms with Gasteiger partial charge in [0.2, 0.25) is 23.6 Å². The monoisotopic (exact) mass is 822 g/mol. The number of hydrogen-bond donors (Lipinski definition) is 5. The Morgan fingerprint density at radius 3 is 1.92 bits per heavy atom. The lowest BCUT2D eigenvalue weighted by atomic mass is 10.0. The van der Waals surface area contributed by atoms with Gasteiger partial charge in [-0.2, -0.15) is 0 Å². The molecule has 1 fully saturated rings. The van der Waals surface area contributed by atoms with Crippen LogP contribution in [0.25, 0.3) is 0 Å². The van der Waals surface area contributed by atoms with Gasteiger partial charge in [-0.3, -0.25) is 19.2 Å². The van der Waals surface area contributed by atoms with E-state index in [0.29, 0.717) is 25.7 Å². The molecule has 2 aromatic carbocycles. The molecule has 324 valence electrons. The van der Waals surface area contributed by atoms with E-state index in [2.05, 4.69) is 26.6 Å². The number of ether oxygens (including phenoxy) is 3. The number of unbranched alkanes of at least 4 members (excludes halogenated alkanes) is 1. The lowest BCUT2D eigenvalue weighted by molar-refractivity contribution is -0.148. The smallest absolute Gasteiger partial charge is 0.408 e. The molecule has 5 N–H and O–H groups in total. The van der Waals surface area contributed by atoms with E-state index in [4.69, 9.17) is 14.2 Å². The van der Waals surface area contributed by atoms with Crippen molar-refractivity contribution in [2.24, 2.45) is 5.92 Å². The van der Waals surface area contributed by atoms with Crippen LogP contribution in [0.15, 0.2) is 60.7 Å². The van der Waals surface area contributed by atoms with E-state index in [1.807, 2.05) is 74.5 Å². The zero-order valence-corrected chi connectivity index (χ0v) is 35.3. The van der Waals surface area contributed by atoms with Crippen LogP contribution in [0, 0.1) is 5.92 Å². The van der Waals surface area contributed by atoms with E-state index in [9.17, 15) is 33.6 Å². The summed E-state index contributed by atoms with van der Waals surface area (Å²) in [6.07, 6.45) is 0.850. The largest absolute Gasteiger partial charge is 0.459 e. The summed E-state index contributed by atoms with van der Waals surface area (Å²) in [7, 11) is 0. The van der Waals surface area contributed by atoms with Crippen LogP contribution in [-0.4, -0.2) is 95.6 Å². The van der Waals surface area contributed by atoms with E-state index in [-0.39, 0.29) is 45.1 Å². The number of nitrogens with zero attached hydrogens (tertiary/aromatic N) is 1. The van der Waals surface area contributed by atoms with E-state index in [1.165, 1.54) is 18.7 Å². The molecule has 0 radical (unpaired) electrons. The Balaban J connectivity index is 1.56. The van der Waals surface area contributed by atoms with Gasteiger partial charge < -0.3 is 45.7 Å². The molecular formula is C43H62N6O10. The summed E-state index contributed by atoms with van der Waals surface area (Å²) >= 11 is 0. The van der Waals surface area contributed by atoms with Crippen LogP contribution in [0.4, 0.5) is 9.59 Å². The number of carbonyl (C=O) groups excluding carboxylic acids is 7. The number of benzene rings is 2. The molecule has 0 aliphatic carbocycles. The van der Waals surface area contributed by atoms with Gasteiger partial charge in [-0.05, 0) is 90.2 Å². The Morgan fingerprint density at radius 1 is 0.712 bits per heavy atom. The molecule has 6 amide bonds. The van der Waals surface area contributed by atoms with Crippen LogP contribution in [0.1, 0.15) is 98.1 Å². The van der Waals surface area contributed by atoms with Gasteiger partial charge in [0.15, 0.2) is 0 Å². The second-order valence-electron chi connectivity index (χ2n) is 16.1. The molecule has 3 rings (SSSR count). The Bertz CT molecular complexity index is 1700. The van der Waals surface area contributed by atoms with Gasteiger partial charge in [-0.15, -0.1) is 0 Å². The summed E-state index contributed by atoms with van der Waals surface area (Å²) in [5, 5.41) is 13.4. The van der Waals surface area contributed by atoms with Crippen LogP contribution in [0.3, 0.4) is 0 Å². The fourth-order valence-corrected chi connectivity index (χ4v) is 6.25. The second-order valence-corrected chi connectivity index (χ2v) is 16.1. The lowest BCUT2D eigenvalue weighted by Gasteiger charge is -2.30. The van der Waals surface area contributed by atoms with Gasteiger partial charge in [0, 0.05) is 13.1 Å². The first-order chi connectivity index (χ1) is 27.9. The fourth-order valence-electron chi connectivity index (χ4n) is 6.25. The van der Waals surface area contributed by atoms with E-state index in [0.717, 1.165) is 11.1 Å². The van der Waals surface area contributed by atoms with Crippen molar-refractivity contribution in [1.82, 2.24) is 31.5 Å². The van der Waals surface area contributed by atoms with E-state index in [1.54, 1.807) is 20.8 Å². The van der Waals surface area contributed by atoms with Crippen molar-refractivity contribution in [3.8, 4) is 0 Å². The maximum Gasteiger partial charge on any atom is 0.408 e. The highest BCUT2D eigenvalue weighted by atomic mass is 16.6. The highest BCUT2D eigenvalue weighted by molar-refractivity contribution is 5.96. The first-order valence-electron chi connectivity index (χ1n) is 20.3. The topological polar surface area (TPSA) is 211 Å². The van der Waals surface area contributed by atoms with Crippen LogP contribution >= 0.6 is 0 Å². The first kappa shape index (κ1) is 47.7. The molecule has 0 aromatic heterocycles. The minimum absolute atomic E-state index is 0.00530. The van der Waals surface area contributed by atoms with Gasteiger partial charge in [-0.1, -0.05) is 74.5 Å². The normalized spacial score (nSPS) is 15.8. The van der Waals surface area contributed by atoms with Gasteiger partial charge in [0.05, 0.1) is 0 Å². The minimum atomic E-state index is -1.08. The summed E-state index contributed by atoms with van der Waals surface area (Å²) in [6.45, 7) is 12.5. The van der Waals surface area contributed by atoms with Crippen LogP contribution in [0.2, 0.25) is 0 Å². The quantitative estimate of drug-likeness (QED) is 0.0728. The predicted octanol–water partition coefficient (Wildman–Crippen LogP) is 4.25. The van der Waals surface area contributed by atoms with Crippen LogP contribution in [-0.2, 0) is 51.4 Å². The Labute approximate surface area is 347 Å². The van der Waals surface area contributed by atoms with Crippen molar-refractivity contribution in [3.05, 3.63) is 71.8 Å². The van der Waals surface area contributed by atoms with Crippen LogP contribution in [0.5, 0.6) is 0 Å². The van der Waals surface area contributed by atoms with Crippen molar-refractivity contribution in [3.63, 3.8) is 0 Å². The van der Waals surface area contributed by atoms with Crippen molar-refractivity contribution in [2.45, 2.75) is 136 Å². The summed E-state index contributed by atoms with van der Waals surface area (Å²) in [6, 6.07) is 13.3. The highest BCUT2D eigenvalue weighted by Gasteiger charge is 2.39.